The average molecular weight is 1080 g/mol. The zero-order valence-corrected chi connectivity index (χ0v) is 39.7. The predicted molar refractivity (Wildman–Crippen MR) is 243 cm³/mol. The van der Waals surface area contributed by atoms with Crippen LogP contribution in [-0.4, -0.2) is 164 Å². The lowest BCUT2D eigenvalue weighted by molar-refractivity contribution is -0.289. The first-order chi connectivity index (χ1) is 35.3. The Kier molecular flexibility index (Phi) is 17.0. The Morgan fingerprint density at radius 2 is 1.75 bits per heavy atom. The molecular formula is C45H50F2N5O22P. The van der Waals surface area contributed by atoms with E-state index in [2.05, 4.69) is 15.6 Å². The van der Waals surface area contributed by atoms with E-state index in [1.54, 1.807) is 0 Å². The number of ether oxygens (including phenoxy) is 3. The average Bonchev–Trinajstić information content (AvgIpc) is 3.63. The van der Waals surface area contributed by atoms with Crippen molar-refractivity contribution < 1.29 is 111 Å². The first-order valence-electron chi connectivity index (χ1n) is 22.7. The Labute approximate surface area is 420 Å². The van der Waals surface area contributed by atoms with Crippen LogP contribution < -0.4 is 26.8 Å². The number of hydrogen-bond acceptors (Lipinski definition) is 21. The molecule has 1 aliphatic carbocycles. The maximum atomic E-state index is 14.7. The molecule has 0 saturated carbocycles. The number of aliphatic hydroxyl groups excluding tert-OH is 6. The van der Waals surface area contributed by atoms with E-state index in [0.29, 0.717) is 0 Å². The number of aliphatic hydroxyl groups is 6. The van der Waals surface area contributed by atoms with E-state index in [0.717, 1.165) is 35.0 Å². The lowest BCUT2D eigenvalue weighted by Crippen LogP contribution is -2.67. The molecule has 75 heavy (non-hydrogen) atoms. The number of unbranched alkanes of at least 4 members (excludes halogenated alkanes) is 2. The number of aliphatic carboxylic acids is 1. The third kappa shape index (κ3) is 12.1. The number of aromatic carboxylic acids is 1. The number of phosphoric ester groups is 1. The molecule has 2 amide bonds. The van der Waals surface area contributed by atoms with Gasteiger partial charge in [-0.2, -0.15) is 4.98 Å². The standard InChI is InChI=1S/C45H50F2N5O22P/c46-23-11-21-29(13-25(23)54)71-30-14-26(55)24(47)12-22(30)34(21)20-10-18(5-6-19(20)42(63)64)40(62)49-8-3-1-2-4-33(58)51-35-27(56)15-45(43(65)66,73-39(35)36(59)28(57)16-53)74-75(68,69)70-17-31-37(60)38(61)41(72-31)52-9-7-32(48)50-44(52)67/h5-7,9-13,27-28,31,34-39,41,53-54,56-57,59-61H,1-4,8,14-17H2,(H,49,62)(H,51,58)(H,63,64)(H,65,66)(H,68,69)(H2,48,50,67)/t27?,28-,31-,34?,35-,36?,37+,38-,39-,41-,45-/m1/s1. The van der Waals surface area contributed by atoms with Gasteiger partial charge in [0.1, 0.15) is 54.0 Å². The van der Waals surface area contributed by atoms with Crippen LogP contribution in [0.25, 0.3) is 0 Å². The zero-order chi connectivity index (χ0) is 54.8. The number of fused-ring (bicyclic) bond motifs is 1. The van der Waals surface area contributed by atoms with Crippen molar-refractivity contribution in [3.63, 3.8) is 0 Å². The van der Waals surface area contributed by atoms with Crippen LogP contribution in [0.15, 0.2) is 70.6 Å². The van der Waals surface area contributed by atoms with Crippen LogP contribution in [0.3, 0.4) is 0 Å². The number of ketones is 1. The van der Waals surface area contributed by atoms with E-state index in [1.165, 1.54) is 18.2 Å². The van der Waals surface area contributed by atoms with Gasteiger partial charge >= 0.3 is 25.5 Å². The molecule has 0 bridgehead atoms. The van der Waals surface area contributed by atoms with E-state index in [-0.39, 0.29) is 77.4 Å². The molecule has 406 valence electrons. The molecule has 3 aliphatic heterocycles. The molecule has 4 aliphatic rings. The number of Topliss-reactive ketones (excluding diaryl/α,β-unsaturated/α-hetero) is 1. The molecule has 4 unspecified atom stereocenters. The number of carboxylic acids is 2. The number of allylic oxidation sites excluding steroid dienone is 4. The lowest BCUT2D eigenvalue weighted by Gasteiger charge is -2.46. The SMILES string of the molecule is Nc1ccn([C@@H]2O[C@H](COP(=O)(O)O[C@@]3(C(=O)O)CC(O)[C@@H](NC(=O)CCCCCNC(=O)c4ccc(C(=O)O)c(C5C6=C(CC(=O)C(F)=C6)Oc6cc(O)c(F)cc65)c4)[C@H](C(O)[C@H](O)CO)O3)[C@H](O)[C@H]2O)c(=O)n1. The second kappa shape index (κ2) is 22.7. The van der Waals surface area contributed by atoms with E-state index in [4.69, 9.17) is 29.0 Å². The summed E-state index contributed by atoms with van der Waals surface area (Å²) in [4.78, 5) is 90.4. The van der Waals surface area contributed by atoms with Crippen molar-refractivity contribution in [2.75, 3.05) is 25.5 Å². The number of benzene rings is 2. The number of rotatable bonds is 20. The highest BCUT2D eigenvalue weighted by Gasteiger charge is 2.59. The van der Waals surface area contributed by atoms with Crippen LogP contribution in [-0.2, 0) is 37.5 Å². The van der Waals surface area contributed by atoms with E-state index in [9.17, 15) is 93.0 Å². The van der Waals surface area contributed by atoms with Crippen molar-refractivity contribution in [2.24, 2.45) is 0 Å². The van der Waals surface area contributed by atoms with Gasteiger partial charge in [0.05, 0.1) is 37.3 Å². The van der Waals surface area contributed by atoms with Gasteiger partial charge in [0.2, 0.25) is 5.91 Å². The molecular weight excluding hydrogens is 1030 g/mol. The summed E-state index contributed by atoms with van der Waals surface area (Å²) in [6.45, 7) is -2.27. The molecule has 4 heterocycles. The van der Waals surface area contributed by atoms with Gasteiger partial charge in [-0.3, -0.25) is 23.5 Å². The van der Waals surface area contributed by atoms with Gasteiger partial charge in [-0.15, -0.1) is 0 Å². The Balaban J connectivity index is 0.954. The number of nitrogens with zero attached hydrogens (tertiary/aromatic N) is 2. The topological polar surface area (TPSA) is 436 Å². The van der Waals surface area contributed by atoms with Crippen molar-refractivity contribution in [2.45, 2.75) is 105 Å². The summed E-state index contributed by atoms with van der Waals surface area (Å²) in [5.41, 5.74) is 3.89. The third-order valence-corrected chi connectivity index (χ3v) is 13.6. The molecule has 7 rings (SSSR count). The highest BCUT2D eigenvalue weighted by Crippen LogP contribution is 2.52. The minimum Gasteiger partial charge on any atom is -0.505 e. The zero-order valence-electron chi connectivity index (χ0n) is 38.8. The molecule has 2 fully saturated rings. The smallest absolute Gasteiger partial charge is 0.475 e. The van der Waals surface area contributed by atoms with E-state index < -0.39 is 153 Å². The van der Waals surface area contributed by atoms with E-state index in [1.807, 2.05) is 0 Å². The number of phenolic OH excluding ortho intramolecular Hbond substituents is 1. The third-order valence-electron chi connectivity index (χ3n) is 12.6. The highest BCUT2D eigenvalue weighted by molar-refractivity contribution is 7.47. The fourth-order valence-electron chi connectivity index (χ4n) is 8.85. The number of phosphoric acid groups is 1. The van der Waals surface area contributed by atoms with Crippen molar-refractivity contribution in [3.8, 4) is 11.5 Å². The predicted octanol–water partition coefficient (Wildman–Crippen LogP) is -1.15. The molecule has 30 heteroatoms. The molecule has 27 nitrogen and oxygen atoms in total. The van der Waals surface area contributed by atoms with Gasteiger partial charge in [-0.1, -0.05) is 6.42 Å². The van der Waals surface area contributed by atoms with Gasteiger partial charge in [-0.05, 0) is 54.8 Å². The molecule has 0 spiro atoms. The van der Waals surface area contributed by atoms with E-state index >= 15 is 0 Å². The molecule has 1 aromatic heterocycles. The maximum Gasteiger partial charge on any atom is 0.475 e. The minimum absolute atomic E-state index is 0.00991. The van der Waals surface area contributed by atoms with Gasteiger partial charge in [-0.25, -0.2) is 32.3 Å². The normalized spacial score (nSPS) is 26.9. The van der Waals surface area contributed by atoms with Crippen molar-refractivity contribution in [1.29, 1.82) is 0 Å². The molecule has 2 saturated heterocycles. The lowest BCUT2D eigenvalue weighted by atomic mass is 9.77. The van der Waals surface area contributed by atoms with Crippen LogP contribution in [0.2, 0.25) is 0 Å². The van der Waals surface area contributed by atoms with Gasteiger partial charge in [0, 0.05) is 54.3 Å². The van der Waals surface area contributed by atoms with Crippen molar-refractivity contribution >= 4 is 43.2 Å². The number of nitrogen functional groups attached to an aromatic ring is 1. The summed E-state index contributed by atoms with van der Waals surface area (Å²) < 4.78 is 69.8. The minimum atomic E-state index is -5.69. The summed E-state index contributed by atoms with van der Waals surface area (Å²) in [6.07, 6.45) is -15.3. The maximum absolute atomic E-state index is 14.7. The van der Waals surface area contributed by atoms with Crippen LogP contribution in [0.4, 0.5) is 14.6 Å². The second-order valence-electron chi connectivity index (χ2n) is 17.7. The van der Waals surface area contributed by atoms with Crippen LogP contribution in [0, 0.1) is 5.82 Å². The molecule has 3 aromatic rings. The van der Waals surface area contributed by atoms with Crippen LogP contribution in [0.5, 0.6) is 11.5 Å². The van der Waals surface area contributed by atoms with Gasteiger partial charge < -0.3 is 81.4 Å². The number of carbonyl (C=O) groups excluding carboxylic acids is 3. The number of amides is 2. The Morgan fingerprint density at radius 3 is 2.43 bits per heavy atom. The highest BCUT2D eigenvalue weighted by atomic mass is 31.2. The number of anilines is 1. The van der Waals surface area contributed by atoms with Gasteiger partial charge in [0.25, 0.3) is 11.7 Å². The number of nitrogens with two attached hydrogens (primary N) is 1. The fraction of sp³-hybridized carbons (Fsp3) is 0.444. The number of hydrogen-bond donors (Lipinski definition) is 13. The number of carbonyl (C=O) groups is 5. The number of phenols is 1. The van der Waals surface area contributed by atoms with Gasteiger partial charge in [0.15, 0.2) is 29.4 Å². The number of aromatic hydroxyl groups is 1. The molecule has 2 aromatic carbocycles. The molecule has 14 N–H and O–H groups in total. The Hall–Kier alpha value is -6.60. The number of carboxylic acid groups (broad SMARTS) is 2. The van der Waals surface area contributed by atoms with Crippen LogP contribution in [0.1, 0.15) is 82.5 Å². The summed E-state index contributed by atoms with van der Waals surface area (Å²) >= 11 is 0. The Bertz CT molecular complexity index is 2920. The summed E-state index contributed by atoms with van der Waals surface area (Å²) in [5, 5.41) is 98.4. The number of halogens is 2. The summed E-state index contributed by atoms with van der Waals surface area (Å²) in [6, 6.07) is 4.70. The first-order valence-corrected chi connectivity index (χ1v) is 24.2. The first kappa shape index (κ1) is 56.1. The monoisotopic (exact) mass is 1080 g/mol. The summed E-state index contributed by atoms with van der Waals surface area (Å²) in [5.74, 6) is -14.3. The van der Waals surface area contributed by atoms with Crippen LogP contribution >= 0.6 is 7.82 Å². The number of nitrogens with one attached hydrogen (secondary N) is 2. The molecule has 12 atom stereocenters. The van der Waals surface area contributed by atoms with Crippen molar-refractivity contribution in [3.05, 3.63) is 104 Å². The quantitative estimate of drug-likeness (QED) is 0.0469. The van der Waals surface area contributed by atoms with Crippen molar-refractivity contribution in [1.82, 2.24) is 20.2 Å². The fourth-order valence-corrected chi connectivity index (χ4v) is 9.80. The number of aromatic nitrogens is 2. The molecule has 0 radical (unpaired) electrons. The second-order valence-corrected chi connectivity index (χ2v) is 19.1. The summed E-state index contributed by atoms with van der Waals surface area (Å²) in [7, 11) is -5.69. The Morgan fingerprint density at radius 1 is 1.01 bits per heavy atom. The largest absolute Gasteiger partial charge is 0.505 e.